The van der Waals surface area contributed by atoms with Crippen LogP contribution in [0.4, 0.5) is 31.1 Å². The van der Waals surface area contributed by atoms with Crippen LogP contribution in [0.5, 0.6) is 0 Å². The summed E-state index contributed by atoms with van der Waals surface area (Å²) in [6.07, 6.45) is -9.10. The number of amides is 1. The number of hydrogen-bond acceptors (Lipinski definition) is 5. The van der Waals surface area contributed by atoms with Crippen molar-refractivity contribution in [3.8, 4) is 0 Å². The summed E-state index contributed by atoms with van der Waals surface area (Å²) in [6.45, 7) is 2.78. The van der Waals surface area contributed by atoms with Gasteiger partial charge in [-0.05, 0) is 68.2 Å². The molecule has 38 heavy (non-hydrogen) atoms. The zero-order valence-corrected chi connectivity index (χ0v) is 22.3. The minimum Gasteiger partial charge on any atom is -0.437 e. The number of alkyl halides is 6. The van der Waals surface area contributed by atoms with Gasteiger partial charge in [0.2, 0.25) is 10.0 Å². The number of hydrogen-bond donors (Lipinski definition) is 1. The van der Waals surface area contributed by atoms with Gasteiger partial charge in [-0.25, -0.2) is 17.9 Å². The average molecular weight is 574 g/mol. The minimum absolute atomic E-state index is 0.00381. The molecule has 7 nitrogen and oxygen atoms in total. The summed E-state index contributed by atoms with van der Waals surface area (Å²) in [6, 6.07) is 2.40. The third-order valence-corrected chi connectivity index (χ3v) is 8.01. The SMILES string of the molecule is Cc1c(C2CCC(NS(C)(=O)=O)CC2)ccc(C(F)(F)F)c1CN1CCN(C(=O)OC(C)C(F)(F)F)CC1. The van der Waals surface area contributed by atoms with Crippen LogP contribution in [0.1, 0.15) is 60.8 Å². The highest BCUT2D eigenvalue weighted by atomic mass is 32.2. The molecule has 1 heterocycles. The fourth-order valence-electron chi connectivity index (χ4n) is 5.12. The average Bonchev–Trinajstić information content (AvgIpc) is 2.79. The van der Waals surface area contributed by atoms with Gasteiger partial charge < -0.3 is 9.64 Å². The van der Waals surface area contributed by atoms with Gasteiger partial charge >= 0.3 is 18.4 Å². The zero-order valence-electron chi connectivity index (χ0n) is 21.5. The number of nitrogens with one attached hydrogen (secondary N) is 1. The molecule has 0 radical (unpaired) electrons. The molecule has 1 N–H and O–H groups in total. The van der Waals surface area contributed by atoms with Crippen LogP contribution >= 0.6 is 0 Å². The first-order chi connectivity index (χ1) is 17.5. The topological polar surface area (TPSA) is 79.0 Å². The lowest BCUT2D eigenvalue weighted by atomic mass is 9.79. The van der Waals surface area contributed by atoms with Gasteiger partial charge in [-0.15, -0.1) is 0 Å². The second kappa shape index (κ2) is 11.6. The molecule has 0 bridgehead atoms. The van der Waals surface area contributed by atoms with E-state index in [1.165, 1.54) is 6.07 Å². The normalized spacial score (nSPS) is 22.8. The van der Waals surface area contributed by atoms with Crippen LogP contribution in [0.3, 0.4) is 0 Å². The number of rotatable bonds is 6. The van der Waals surface area contributed by atoms with Crippen LogP contribution in [-0.4, -0.2) is 75.1 Å². The van der Waals surface area contributed by atoms with Gasteiger partial charge in [0, 0.05) is 38.8 Å². The fraction of sp³-hybridized carbons (Fsp3) is 0.708. The van der Waals surface area contributed by atoms with Crippen molar-refractivity contribution >= 4 is 16.1 Å². The third kappa shape index (κ3) is 7.98. The number of sulfonamides is 1. The van der Waals surface area contributed by atoms with Crippen LogP contribution in [0, 0.1) is 6.92 Å². The number of nitrogens with zero attached hydrogens (tertiary/aromatic N) is 2. The molecule has 216 valence electrons. The maximum Gasteiger partial charge on any atom is 0.425 e. The highest BCUT2D eigenvalue weighted by Gasteiger charge is 2.40. The van der Waals surface area contributed by atoms with Gasteiger partial charge in [0.25, 0.3) is 0 Å². The number of carbonyl (C=O) groups excluding carboxylic acids is 1. The van der Waals surface area contributed by atoms with Gasteiger partial charge in [-0.2, -0.15) is 26.3 Å². The zero-order chi connectivity index (χ0) is 28.5. The second-order valence-electron chi connectivity index (χ2n) is 10.1. The molecule has 14 heteroatoms. The van der Waals surface area contributed by atoms with E-state index in [1.807, 2.05) is 0 Å². The van der Waals surface area contributed by atoms with Crippen molar-refractivity contribution in [2.24, 2.45) is 0 Å². The largest absolute Gasteiger partial charge is 0.437 e. The Balaban J connectivity index is 1.70. The van der Waals surface area contributed by atoms with Gasteiger partial charge in [0.15, 0.2) is 6.10 Å². The van der Waals surface area contributed by atoms with Crippen LogP contribution in [0.15, 0.2) is 12.1 Å². The van der Waals surface area contributed by atoms with Crippen LogP contribution in [-0.2, 0) is 27.5 Å². The third-order valence-electron chi connectivity index (χ3n) is 7.24. The summed E-state index contributed by atoms with van der Waals surface area (Å²) < 4.78 is 110. The standard InChI is InChI=1S/C24H33F6N3O4S/c1-15-19(17-4-6-18(7-5-17)31-38(3,35)36)8-9-21(24(28,29)30)20(15)14-32-10-12-33(13-11-32)22(34)37-16(2)23(25,26)27/h8-9,16-18,31H,4-7,10-14H2,1-3H3. The Morgan fingerprint density at radius 3 is 2.13 bits per heavy atom. The Morgan fingerprint density at radius 2 is 1.63 bits per heavy atom. The summed E-state index contributed by atoms with van der Waals surface area (Å²) in [5, 5.41) is 0. The molecule has 1 saturated carbocycles. The van der Waals surface area contributed by atoms with Crippen LogP contribution in [0.25, 0.3) is 0 Å². The van der Waals surface area contributed by atoms with Crippen LogP contribution in [0.2, 0.25) is 0 Å². The first-order valence-electron chi connectivity index (χ1n) is 12.4. The molecule has 1 saturated heterocycles. The Morgan fingerprint density at radius 1 is 1.05 bits per heavy atom. The molecule has 3 rings (SSSR count). The van der Waals surface area contributed by atoms with Crippen molar-refractivity contribution in [1.29, 1.82) is 0 Å². The molecule has 1 unspecified atom stereocenters. The molecule has 1 aromatic rings. The molecule has 2 fully saturated rings. The lowest BCUT2D eigenvalue weighted by Gasteiger charge is -2.36. The fourth-order valence-corrected chi connectivity index (χ4v) is 5.96. The summed E-state index contributed by atoms with van der Waals surface area (Å²) >= 11 is 0. The van der Waals surface area contributed by atoms with Crippen molar-refractivity contribution in [2.75, 3.05) is 32.4 Å². The van der Waals surface area contributed by atoms with E-state index in [0.717, 1.165) is 29.7 Å². The summed E-state index contributed by atoms with van der Waals surface area (Å²) in [4.78, 5) is 14.9. The number of carbonyl (C=O) groups is 1. The Bertz CT molecular complexity index is 1090. The number of halogens is 6. The molecule has 0 aromatic heterocycles. The quantitative estimate of drug-likeness (QED) is 0.495. The van der Waals surface area contributed by atoms with Crippen molar-refractivity contribution in [3.63, 3.8) is 0 Å². The maximum atomic E-state index is 13.9. The van der Waals surface area contributed by atoms with Crippen LogP contribution < -0.4 is 4.72 Å². The molecule has 1 aromatic carbocycles. The van der Waals surface area contributed by atoms with Gasteiger partial charge in [0.1, 0.15) is 0 Å². The molecule has 1 atom stereocenters. The molecule has 1 aliphatic heterocycles. The molecule has 0 spiro atoms. The lowest BCUT2D eigenvalue weighted by Crippen LogP contribution is -2.49. The number of benzene rings is 1. The maximum absolute atomic E-state index is 13.9. The summed E-state index contributed by atoms with van der Waals surface area (Å²) in [5.74, 6) is -0.00381. The highest BCUT2D eigenvalue weighted by molar-refractivity contribution is 7.88. The van der Waals surface area contributed by atoms with Crippen molar-refractivity contribution in [2.45, 2.75) is 76.5 Å². The van der Waals surface area contributed by atoms with Gasteiger partial charge in [0.05, 0.1) is 11.8 Å². The summed E-state index contributed by atoms with van der Waals surface area (Å²) in [7, 11) is -3.34. The van der Waals surface area contributed by atoms with Crippen molar-refractivity contribution < 1.29 is 44.3 Å². The Hall–Kier alpha value is -2.06. The first kappa shape index (κ1) is 30.5. The molecular weight excluding hydrogens is 540 g/mol. The Labute approximate surface area is 218 Å². The predicted molar refractivity (Wildman–Crippen MR) is 128 cm³/mol. The van der Waals surface area contributed by atoms with Gasteiger partial charge in [-0.3, -0.25) is 4.90 Å². The lowest BCUT2D eigenvalue weighted by molar-refractivity contribution is -0.200. The summed E-state index contributed by atoms with van der Waals surface area (Å²) in [5.41, 5.74) is 0.717. The van der Waals surface area contributed by atoms with E-state index in [4.69, 9.17) is 0 Å². The van der Waals surface area contributed by atoms with E-state index in [1.54, 1.807) is 11.8 Å². The van der Waals surface area contributed by atoms with E-state index in [0.29, 0.717) is 31.2 Å². The first-order valence-corrected chi connectivity index (χ1v) is 14.3. The monoisotopic (exact) mass is 573 g/mol. The van der Waals surface area contributed by atoms with E-state index in [9.17, 15) is 39.6 Å². The van der Waals surface area contributed by atoms with Crippen molar-refractivity contribution in [3.05, 3.63) is 34.4 Å². The molecule has 2 aliphatic rings. The van der Waals surface area contributed by atoms with Crippen molar-refractivity contribution in [1.82, 2.24) is 14.5 Å². The van der Waals surface area contributed by atoms with E-state index < -0.39 is 40.1 Å². The van der Waals surface area contributed by atoms with E-state index in [2.05, 4.69) is 9.46 Å². The van der Waals surface area contributed by atoms with E-state index >= 15 is 0 Å². The number of ether oxygens (including phenoxy) is 1. The predicted octanol–water partition coefficient (Wildman–Crippen LogP) is 4.79. The Kier molecular flexibility index (Phi) is 9.29. The molecular formula is C24H33F6N3O4S. The molecule has 1 aliphatic carbocycles. The smallest absolute Gasteiger partial charge is 0.425 e. The van der Waals surface area contributed by atoms with E-state index in [-0.39, 0.29) is 50.2 Å². The minimum atomic E-state index is -4.68. The van der Waals surface area contributed by atoms with Gasteiger partial charge in [-0.1, -0.05) is 6.07 Å². The number of piperazine rings is 1. The highest BCUT2D eigenvalue weighted by Crippen LogP contribution is 2.40. The second-order valence-corrected chi connectivity index (χ2v) is 11.9. The molecule has 1 amide bonds.